The molecule has 2 aromatic rings. The Bertz CT molecular complexity index is 1080. The van der Waals surface area contributed by atoms with E-state index in [4.69, 9.17) is 9.47 Å². The lowest BCUT2D eigenvalue weighted by Gasteiger charge is -2.41. The molecule has 0 saturated heterocycles. The molecular weight excluding hydrogens is 448 g/mol. The van der Waals surface area contributed by atoms with Gasteiger partial charge in [-0.25, -0.2) is 14.4 Å². The highest BCUT2D eigenvalue weighted by Crippen LogP contribution is 2.34. The number of hydrogen-bond acceptors (Lipinski definition) is 10. The molecule has 0 amide bonds. The van der Waals surface area contributed by atoms with E-state index < -0.39 is 54.7 Å². The number of aliphatic hydroxyl groups is 2. The summed E-state index contributed by atoms with van der Waals surface area (Å²) in [6.45, 7) is 0. The molecule has 0 spiro atoms. The van der Waals surface area contributed by atoms with Crippen LogP contribution in [0.4, 0.5) is 0 Å². The molecule has 2 aromatic carbocycles. The highest BCUT2D eigenvalue weighted by molar-refractivity contribution is 5.90. The van der Waals surface area contributed by atoms with Crippen molar-refractivity contribution in [3.63, 3.8) is 0 Å². The van der Waals surface area contributed by atoms with Gasteiger partial charge in [-0.05, 0) is 35.9 Å². The monoisotopic (exact) mass is 472 g/mol. The topological polar surface area (TPSA) is 160 Å². The number of aliphatic hydroxyl groups excluding tert-OH is 1. The van der Waals surface area contributed by atoms with Gasteiger partial charge in [-0.3, -0.25) is 0 Å². The van der Waals surface area contributed by atoms with Gasteiger partial charge >= 0.3 is 17.9 Å². The molecular formula is C24H24O10. The number of hydrogen-bond donors (Lipinski definition) is 4. The Morgan fingerprint density at radius 3 is 2.35 bits per heavy atom. The Kier molecular flexibility index (Phi) is 7.54. The summed E-state index contributed by atoms with van der Waals surface area (Å²) < 4.78 is 15.3. The van der Waals surface area contributed by atoms with Crippen molar-refractivity contribution in [3.05, 3.63) is 65.7 Å². The number of rotatable bonds is 6. The maximum atomic E-state index is 12.5. The molecule has 0 aromatic heterocycles. The molecule has 0 aliphatic heterocycles. The quantitative estimate of drug-likeness (QED) is 0.209. The van der Waals surface area contributed by atoms with Gasteiger partial charge in [-0.1, -0.05) is 24.3 Å². The lowest BCUT2D eigenvalue weighted by molar-refractivity contribution is -0.198. The van der Waals surface area contributed by atoms with E-state index in [0.29, 0.717) is 5.56 Å². The minimum absolute atomic E-state index is 0.195. The van der Waals surface area contributed by atoms with Gasteiger partial charge in [0.25, 0.3) is 0 Å². The third-order valence-corrected chi connectivity index (χ3v) is 5.33. The Labute approximate surface area is 194 Å². The van der Waals surface area contributed by atoms with Crippen LogP contribution in [0, 0.1) is 0 Å². The van der Waals surface area contributed by atoms with Crippen molar-refractivity contribution < 1.29 is 49.0 Å². The first-order chi connectivity index (χ1) is 16.1. The second-order valence-electron chi connectivity index (χ2n) is 7.79. The predicted molar refractivity (Wildman–Crippen MR) is 117 cm³/mol. The zero-order chi connectivity index (χ0) is 24.9. The first kappa shape index (κ1) is 24.7. The number of methoxy groups -OCH3 is 1. The molecule has 180 valence electrons. The summed E-state index contributed by atoms with van der Waals surface area (Å²) in [5.74, 6) is -3.47. The second-order valence-corrected chi connectivity index (χ2v) is 7.79. The number of esters is 3. The standard InChI is InChI=1S/C24H24O10/c1-32-23(30)24(31)12-18(27)21(34-22(29)15-5-3-2-4-6-15)19(13-24)33-20(28)10-8-14-7-9-16(25)17(26)11-14/h2-11,18-19,21,25-27,31H,12-13H2,1H3/t18-,19-,21-,24+/m1/s1. The number of carbonyl (C=O) groups is 3. The molecule has 1 aliphatic rings. The normalized spacial score (nSPS) is 24.4. The van der Waals surface area contributed by atoms with Crippen molar-refractivity contribution in [3.8, 4) is 11.5 Å². The second kappa shape index (κ2) is 10.4. The summed E-state index contributed by atoms with van der Waals surface area (Å²) in [6, 6.07) is 11.8. The van der Waals surface area contributed by atoms with Crippen molar-refractivity contribution in [2.45, 2.75) is 36.8 Å². The molecule has 34 heavy (non-hydrogen) atoms. The summed E-state index contributed by atoms with van der Waals surface area (Å²) in [5.41, 5.74) is -1.60. The molecule has 0 unspecified atom stereocenters. The molecule has 4 N–H and O–H groups in total. The van der Waals surface area contributed by atoms with Gasteiger partial charge in [-0.15, -0.1) is 0 Å². The van der Waals surface area contributed by atoms with Gasteiger partial charge < -0.3 is 34.6 Å². The first-order valence-electron chi connectivity index (χ1n) is 10.3. The minimum Gasteiger partial charge on any atom is -0.504 e. The zero-order valence-corrected chi connectivity index (χ0v) is 18.2. The Balaban J connectivity index is 1.80. The van der Waals surface area contributed by atoms with Crippen LogP contribution >= 0.6 is 0 Å². The van der Waals surface area contributed by atoms with Crippen molar-refractivity contribution in [1.29, 1.82) is 0 Å². The van der Waals surface area contributed by atoms with Gasteiger partial charge in [0.15, 0.2) is 23.2 Å². The Morgan fingerprint density at radius 1 is 1.00 bits per heavy atom. The van der Waals surface area contributed by atoms with Gasteiger partial charge in [-0.2, -0.15) is 0 Å². The maximum Gasteiger partial charge on any atom is 0.338 e. The number of phenolic OH excluding ortho intramolecular Hbond substituents is 2. The van der Waals surface area contributed by atoms with E-state index in [-0.39, 0.29) is 17.1 Å². The molecule has 3 rings (SSSR count). The number of carbonyl (C=O) groups excluding carboxylic acids is 3. The SMILES string of the molecule is COC(=O)[C@]1(O)C[C@@H](O)[C@@H](OC(=O)c2ccccc2)[C@H](OC(=O)C=Cc2ccc(O)c(O)c2)C1. The van der Waals surface area contributed by atoms with Crippen LogP contribution in [0.3, 0.4) is 0 Å². The van der Waals surface area contributed by atoms with Crippen LogP contribution in [-0.2, 0) is 23.8 Å². The number of ether oxygens (including phenoxy) is 3. The molecule has 1 aliphatic carbocycles. The van der Waals surface area contributed by atoms with Crippen molar-refractivity contribution in [2.24, 2.45) is 0 Å². The van der Waals surface area contributed by atoms with Crippen LogP contribution in [0.5, 0.6) is 11.5 Å². The van der Waals surface area contributed by atoms with Crippen molar-refractivity contribution in [2.75, 3.05) is 7.11 Å². The maximum absolute atomic E-state index is 12.5. The van der Waals surface area contributed by atoms with E-state index in [1.165, 1.54) is 36.4 Å². The van der Waals surface area contributed by atoms with Crippen LogP contribution in [0.1, 0.15) is 28.8 Å². The van der Waals surface area contributed by atoms with E-state index in [9.17, 15) is 34.8 Å². The third kappa shape index (κ3) is 5.72. The fourth-order valence-corrected chi connectivity index (χ4v) is 3.62. The molecule has 0 bridgehead atoms. The fraction of sp³-hybridized carbons (Fsp3) is 0.292. The Morgan fingerprint density at radius 2 is 1.71 bits per heavy atom. The van der Waals surface area contributed by atoms with Crippen LogP contribution in [0.25, 0.3) is 6.08 Å². The van der Waals surface area contributed by atoms with Crippen LogP contribution < -0.4 is 0 Å². The predicted octanol–water partition coefficient (Wildman–Crippen LogP) is 1.31. The van der Waals surface area contributed by atoms with E-state index >= 15 is 0 Å². The lowest BCUT2D eigenvalue weighted by Crippen LogP contribution is -2.58. The fourth-order valence-electron chi connectivity index (χ4n) is 3.62. The van der Waals surface area contributed by atoms with E-state index in [1.807, 2.05) is 0 Å². The first-order valence-corrected chi connectivity index (χ1v) is 10.3. The van der Waals surface area contributed by atoms with Crippen molar-refractivity contribution in [1.82, 2.24) is 0 Å². The summed E-state index contributed by atoms with van der Waals surface area (Å²) in [7, 11) is 1.06. The average molecular weight is 472 g/mol. The average Bonchev–Trinajstić information content (AvgIpc) is 2.82. The molecule has 1 saturated carbocycles. The number of aromatic hydroxyl groups is 2. The summed E-state index contributed by atoms with van der Waals surface area (Å²) in [6.07, 6.45) is -2.98. The van der Waals surface area contributed by atoms with E-state index in [0.717, 1.165) is 13.2 Å². The molecule has 10 nitrogen and oxygen atoms in total. The largest absolute Gasteiger partial charge is 0.504 e. The molecule has 4 atom stereocenters. The summed E-state index contributed by atoms with van der Waals surface area (Å²) >= 11 is 0. The summed E-state index contributed by atoms with van der Waals surface area (Å²) in [4.78, 5) is 37.1. The van der Waals surface area contributed by atoms with Gasteiger partial charge in [0.05, 0.1) is 18.8 Å². The van der Waals surface area contributed by atoms with E-state index in [1.54, 1.807) is 18.2 Å². The van der Waals surface area contributed by atoms with Crippen LogP contribution in [0.15, 0.2) is 54.6 Å². The smallest absolute Gasteiger partial charge is 0.338 e. The highest BCUT2D eigenvalue weighted by Gasteiger charge is 2.53. The van der Waals surface area contributed by atoms with Crippen LogP contribution in [0.2, 0.25) is 0 Å². The molecule has 0 radical (unpaired) electrons. The molecule has 0 heterocycles. The number of benzene rings is 2. The zero-order valence-electron chi connectivity index (χ0n) is 18.2. The molecule has 1 fully saturated rings. The van der Waals surface area contributed by atoms with E-state index in [2.05, 4.69) is 4.74 Å². The van der Waals surface area contributed by atoms with Gasteiger partial charge in [0.1, 0.15) is 6.10 Å². The van der Waals surface area contributed by atoms with Gasteiger partial charge in [0.2, 0.25) is 0 Å². The Hall–Kier alpha value is -3.89. The third-order valence-electron chi connectivity index (χ3n) is 5.33. The van der Waals surface area contributed by atoms with Crippen LogP contribution in [-0.4, -0.2) is 69.4 Å². The number of phenols is 2. The van der Waals surface area contributed by atoms with Gasteiger partial charge in [0, 0.05) is 18.9 Å². The minimum atomic E-state index is -2.17. The lowest BCUT2D eigenvalue weighted by atomic mass is 9.79. The molecule has 10 heteroatoms. The van der Waals surface area contributed by atoms with Crippen molar-refractivity contribution >= 4 is 24.0 Å². The summed E-state index contributed by atoms with van der Waals surface area (Å²) in [5, 5.41) is 40.2. The highest BCUT2D eigenvalue weighted by atomic mass is 16.6.